The van der Waals surface area contributed by atoms with Crippen molar-refractivity contribution in [2.45, 2.75) is 19.0 Å². The maximum atomic E-state index is 13.8. The van der Waals surface area contributed by atoms with E-state index in [1.807, 2.05) is 22.7 Å². The molecule has 7 nitrogen and oxygen atoms in total. The third kappa shape index (κ3) is 4.80. The van der Waals surface area contributed by atoms with Crippen LogP contribution in [-0.4, -0.2) is 46.9 Å². The lowest BCUT2D eigenvalue weighted by molar-refractivity contribution is 0.611. The summed E-state index contributed by atoms with van der Waals surface area (Å²) in [5.41, 5.74) is 1.07. The Kier molecular flexibility index (Phi) is 6.97. The third-order valence-electron chi connectivity index (χ3n) is 4.15. The number of rotatable bonds is 4. The van der Waals surface area contributed by atoms with Crippen molar-refractivity contribution in [2.75, 3.05) is 25.0 Å². The van der Waals surface area contributed by atoms with Gasteiger partial charge in [0, 0.05) is 45.6 Å². The Bertz CT molecular complexity index is 718. The van der Waals surface area contributed by atoms with Gasteiger partial charge in [-0.2, -0.15) is 5.10 Å². The molecule has 1 unspecified atom stereocenters. The molecule has 136 valence electrons. The molecule has 0 aliphatic carbocycles. The largest absolute Gasteiger partial charge is 0.352 e. The lowest BCUT2D eigenvalue weighted by atomic mass is 10.3. The molecular weight excluding hydrogens is 436 g/mol. The van der Waals surface area contributed by atoms with E-state index in [9.17, 15) is 4.39 Å². The maximum Gasteiger partial charge on any atom is 0.191 e. The molecule has 2 aromatic heterocycles. The summed E-state index contributed by atoms with van der Waals surface area (Å²) < 4.78 is 15.7. The molecule has 0 amide bonds. The fraction of sp³-hybridized carbons (Fsp3) is 0.438. The lowest BCUT2D eigenvalue weighted by Gasteiger charge is -2.20. The van der Waals surface area contributed by atoms with E-state index in [-0.39, 0.29) is 35.8 Å². The topological polar surface area (TPSA) is 70.4 Å². The van der Waals surface area contributed by atoms with Gasteiger partial charge in [-0.15, -0.1) is 24.0 Å². The Morgan fingerprint density at radius 1 is 1.40 bits per heavy atom. The van der Waals surface area contributed by atoms with Crippen molar-refractivity contribution in [1.82, 2.24) is 25.4 Å². The molecule has 0 bridgehead atoms. The molecule has 1 saturated heterocycles. The number of hydrogen-bond donors (Lipinski definition) is 2. The summed E-state index contributed by atoms with van der Waals surface area (Å²) in [4.78, 5) is 10.4. The number of hydrogen-bond acceptors (Lipinski definition) is 4. The molecule has 3 rings (SSSR count). The Labute approximate surface area is 163 Å². The number of pyridine rings is 1. The summed E-state index contributed by atoms with van der Waals surface area (Å²) in [5, 5.41) is 10.8. The van der Waals surface area contributed by atoms with Gasteiger partial charge < -0.3 is 15.5 Å². The predicted molar refractivity (Wildman–Crippen MR) is 107 cm³/mol. The third-order valence-corrected chi connectivity index (χ3v) is 4.15. The van der Waals surface area contributed by atoms with Gasteiger partial charge in [0.25, 0.3) is 0 Å². The molecule has 1 aliphatic heterocycles. The normalized spacial score (nSPS) is 17.3. The monoisotopic (exact) mass is 459 g/mol. The summed E-state index contributed by atoms with van der Waals surface area (Å²) in [7, 11) is 3.65. The van der Waals surface area contributed by atoms with Gasteiger partial charge in [-0.05, 0) is 24.6 Å². The second kappa shape index (κ2) is 8.97. The van der Waals surface area contributed by atoms with Gasteiger partial charge in [-0.3, -0.25) is 9.67 Å². The summed E-state index contributed by atoms with van der Waals surface area (Å²) >= 11 is 0. The number of halogens is 2. The first-order valence-corrected chi connectivity index (χ1v) is 7.97. The Hall–Kier alpha value is -1.91. The zero-order chi connectivity index (χ0) is 16.9. The van der Waals surface area contributed by atoms with Crippen LogP contribution in [0.3, 0.4) is 0 Å². The van der Waals surface area contributed by atoms with Crippen LogP contribution in [0.15, 0.2) is 35.6 Å². The maximum absolute atomic E-state index is 13.8. The Morgan fingerprint density at radius 3 is 2.92 bits per heavy atom. The number of guanidine groups is 1. The number of aromatic nitrogens is 3. The molecular formula is C16H23FIN7. The van der Waals surface area contributed by atoms with Gasteiger partial charge in [-0.25, -0.2) is 9.37 Å². The quantitative estimate of drug-likeness (QED) is 0.412. The van der Waals surface area contributed by atoms with Gasteiger partial charge in [0.2, 0.25) is 0 Å². The van der Waals surface area contributed by atoms with Crippen LogP contribution in [0.5, 0.6) is 0 Å². The zero-order valence-electron chi connectivity index (χ0n) is 14.3. The Balaban J connectivity index is 0.00000225. The van der Waals surface area contributed by atoms with E-state index in [1.54, 1.807) is 25.5 Å². The molecule has 1 fully saturated rings. The van der Waals surface area contributed by atoms with Crippen LogP contribution in [0, 0.1) is 5.82 Å². The van der Waals surface area contributed by atoms with Gasteiger partial charge >= 0.3 is 0 Å². The van der Waals surface area contributed by atoms with Crippen LogP contribution in [0.4, 0.5) is 10.2 Å². The molecule has 0 spiro atoms. The number of aliphatic imine (C=N–C) groups is 1. The molecule has 0 aromatic carbocycles. The predicted octanol–water partition coefficient (Wildman–Crippen LogP) is 1.52. The molecule has 0 saturated carbocycles. The molecule has 2 aromatic rings. The summed E-state index contributed by atoms with van der Waals surface area (Å²) in [6, 6.07) is 5.21. The number of anilines is 1. The van der Waals surface area contributed by atoms with Crippen molar-refractivity contribution >= 4 is 35.8 Å². The average molecular weight is 459 g/mol. The van der Waals surface area contributed by atoms with Crippen molar-refractivity contribution < 1.29 is 4.39 Å². The smallest absolute Gasteiger partial charge is 0.191 e. The van der Waals surface area contributed by atoms with Gasteiger partial charge in [0.1, 0.15) is 0 Å². The van der Waals surface area contributed by atoms with Gasteiger partial charge in [0.05, 0.1) is 12.2 Å². The van der Waals surface area contributed by atoms with Crippen LogP contribution >= 0.6 is 24.0 Å². The number of aryl methyl sites for hydroxylation is 1. The standard InChI is InChI=1S/C16H22FN7.HI/c1-18-16(20-10-13-5-8-21-23(13)2)22-12-6-9-24(11-12)15-14(17)4-3-7-19-15;/h3-5,7-8,12H,6,9-11H2,1-2H3,(H2,18,20,22);1H. The van der Waals surface area contributed by atoms with Crippen molar-refractivity contribution in [3.05, 3.63) is 42.1 Å². The first-order valence-electron chi connectivity index (χ1n) is 7.97. The zero-order valence-corrected chi connectivity index (χ0v) is 16.6. The minimum absolute atomic E-state index is 0. The van der Waals surface area contributed by atoms with Crippen LogP contribution < -0.4 is 15.5 Å². The number of nitrogens with zero attached hydrogens (tertiary/aromatic N) is 5. The highest BCUT2D eigenvalue weighted by Crippen LogP contribution is 2.20. The summed E-state index contributed by atoms with van der Waals surface area (Å²) in [6.45, 7) is 2.10. The Morgan fingerprint density at radius 2 is 2.24 bits per heavy atom. The summed E-state index contributed by atoms with van der Waals surface area (Å²) in [5.74, 6) is 0.862. The molecule has 2 N–H and O–H groups in total. The fourth-order valence-electron chi connectivity index (χ4n) is 2.82. The first-order chi connectivity index (χ1) is 11.7. The van der Waals surface area contributed by atoms with E-state index in [0.717, 1.165) is 24.6 Å². The molecule has 9 heteroatoms. The van der Waals surface area contributed by atoms with Crippen molar-refractivity contribution in [3.63, 3.8) is 0 Å². The number of nitrogens with one attached hydrogen (secondary N) is 2. The van der Waals surface area contributed by atoms with Gasteiger partial charge in [0.15, 0.2) is 17.6 Å². The van der Waals surface area contributed by atoms with Crippen molar-refractivity contribution in [3.8, 4) is 0 Å². The molecule has 1 aliphatic rings. The highest BCUT2D eigenvalue weighted by Gasteiger charge is 2.25. The minimum atomic E-state index is -0.281. The second-order valence-corrected chi connectivity index (χ2v) is 5.76. The molecule has 3 heterocycles. The summed E-state index contributed by atoms with van der Waals surface area (Å²) in [6.07, 6.45) is 4.29. The van der Waals surface area contributed by atoms with Crippen LogP contribution in [0.1, 0.15) is 12.1 Å². The SMILES string of the molecule is CN=C(NCc1ccnn1C)NC1CCN(c2ncccc2F)C1.I. The van der Waals surface area contributed by atoms with Gasteiger partial charge in [-0.1, -0.05) is 0 Å². The van der Waals surface area contributed by atoms with Crippen LogP contribution in [0.25, 0.3) is 0 Å². The highest BCUT2D eigenvalue weighted by atomic mass is 127. The van der Waals surface area contributed by atoms with E-state index in [0.29, 0.717) is 18.9 Å². The fourth-order valence-corrected chi connectivity index (χ4v) is 2.82. The average Bonchev–Trinajstić information content (AvgIpc) is 3.21. The molecule has 0 radical (unpaired) electrons. The van der Waals surface area contributed by atoms with Crippen LogP contribution in [0.2, 0.25) is 0 Å². The van der Waals surface area contributed by atoms with Crippen molar-refractivity contribution in [1.29, 1.82) is 0 Å². The minimum Gasteiger partial charge on any atom is -0.352 e. The van der Waals surface area contributed by atoms with Crippen molar-refractivity contribution in [2.24, 2.45) is 12.0 Å². The molecule has 1 atom stereocenters. The van der Waals surface area contributed by atoms with E-state index < -0.39 is 0 Å². The van der Waals surface area contributed by atoms with E-state index in [4.69, 9.17) is 0 Å². The molecule has 25 heavy (non-hydrogen) atoms. The lowest BCUT2D eigenvalue weighted by Crippen LogP contribution is -2.44. The first kappa shape index (κ1) is 19.4. The van der Waals surface area contributed by atoms with Crippen LogP contribution in [-0.2, 0) is 13.6 Å². The second-order valence-electron chi connectivity index (χ2n) is 5.76. The van der Waals surface area contributed by atoms with E-state index in [1.165, 1.54) is 6.07 Å². The highest BCUT2D eigenvalue weighted by molar-refractivity contribution is 14.0. The van der Waals surface area contributed by atoms with E-state index >= 15 is 0 Å². The van der Waals surface area contributed by atoms with E-state index in [2.05, 4.69) is 25.7 Å².